The smallest absolute Gasteiger partial charge is 0.241 e. The topological polar surface area (TPSA) is 44.2 Å². The molecule has 0 atom stereocenters. The molecule has 0 bridgehead atoms. The van der Waals surface area contributed by atoms with Gasteiger partial charge in [0, 0.05) is 43.7 Å². The number of aromatic nitrogens is 2. The van der Waals surface area contributed by atoms with Gasteiger partial charge in [0.15, 0.2) is 0 Å². The van der Waals surface area contributed by atoms with Crippen molar-refractivity contribution in [1.82, 2.24) is 9.97 Å². The van der Waals surface area contributed by atoms with Gasteiger partial charge in [-0.15, -0.1) is 59.1 Å². The molecule has 2 aromatic heterocycles. The van der Waals surface area contributed by atoms with Crippen LogP contribution in [-0.2, 0) is 20.1 Å². The molecule has 6 heteroatoms. The van der Waals surface area contributed by atoms with E-state index in [2.05, 4.69) is 144 Å². The van der Waals surface area contributed by atoms with E-state index in [4.69, 9.17) is 14.5 Å². The molecule has 0 saturated heterocycles. The van der Waals surface area contributed by atoms with Gasteiger partial charge in [-0.1, -0.05) is 96.4 Å². The summed E-state index contributed by atoms with van der Waals surface area (Å²) in [4.78, 5) is 9.32. The third-order valence-corrected chi connectivity index (χ3v) is 11.0. The first-order valence-electron chi connectivity index (χ1n) is 19.4. The molecule has 0 fully saturated rings. The van der Waals surface area contributed by atoms with Crippen LogP contribution in [0.3, 0.4) is 0 Å². The van der Waals surface area contributed by atoms with E-state index >= 15 is 0 Å². The van der Waals surface area contributed by atoms with Gasteiger partial charge in [-0.25, -0.2) is 0 Å². The van der Waals surface area contributed by atoms with Gasteiger partial charge in [0.1, 0.15) is 17.2 Å². The van der Waals surface area contributed by atoms with Crippen molar-refractivity contribution in [3.63, 3.8) is 0 Å². The minimum absolute atomic E-state index is 0. The van der Waals surface area contributed by atoms with E-state index in [1.54, 1.807) is 0 Å². The van der Waals surface area contributed by atoms with Gasteiger partial charge >= 0.3 is 0 Å². The molecule has 10 rings (SSSR count). The number of ether oxygens (including phenoxy) is 2. The molecule has 0 saturated carbocycles. The largest absolute Gasteiger partial charge is 0.503 e. The first-order chi connectivity index (χ1) is 27.7. The normalized spacial score (nSPS) is 11.7. The van der Waals surface area contributed by atoms with Crippen molar-refractivity contribution in [2.75, 3.05) is 0 Å². The molecule has 2 aliphatic rings. The molecule has 0 aliphatic carbocycles. The van der Waals surface area contributed by atoms with Gasteiger partial charge in [0.05, 0.1) is 0 Å². The molecule has 4 nitrogen and oxygen atoms in total. The molecule has 0 spiro atoms. The van der Waals surface area contributed by atoms with E-state index in [1.807, 2.05) is 54.9 Å². The van der Waals surface area contributed by atoms with Crippen LogP contribution in [0.5, 0.6) is 23.0 Å². The number of rotatable bonds is 4. The van der Waals surface area contributed by atoms with E-state index in [1.165, 1.54) is 50.1 Å². The predicted molar refractivity (Wildman–Crippen MR) is 234 cm³/mol. The maximum Gasteiger partial charge on any atom is 0.241 e. The van der Waals surface area contributed by atoms with Gasteiger partial charge in [-0.05, 0) is 115 Å². The number of aryl methyl sites for hydroxylation is 6. The number of fused-ring (bicyclic) bond motifs is 4. The van der Waals surface area contributed by atoms with Gasteiger partial charge in [0.2, 0.25) is 6.71 Å². The van der Waals surface area contributed by atoms with Crippen LogP contribution in [0, 0.1) is 53.7 Å². The van der Waals surface area contributed by atoms with Crippen LogP contribution in [-0.4, -0.2) is 16.7 Å². The number of hydrogen-bond acceptors (Lipinski definition) is 4. The number of para-hydroxylation sites is 1. The second kappa shape index (κ2) is 16.1. The van der Waals surface area contributed by atoms with Crippen LogP contribution in [0.4, 0.5) is 0 Å². The second-order valence-electron chi connectivity index (χ2n) is 15.2. The first kappa shape index (κ1) is 38.8. The van der Waals surface area contributed by atoms with Gasteiger partial charge in [0.25, 0.3) is 0 Å². The van der Waals surface area contributed by atoms with Crippen LogP contribution in [0.1, 0.15) is 33.4 Å². The maximum atomic E-state index is 6.56. The SMILES string of the molecule is Cc1c[c-]c(-c2cc(-c3ccc(C)cc3C)c(C)cn2)cc1.Cc1ccc(-c2ccnc(-c3[c-]ccc4c3Oc3cccc5c3B4c3ccccc3O5)c2)c(C)c1.[Ir]. The molecule has 0 amide bonds. The van der Waals surface area contributed by atoms with Crippen LogP contribution in [0.15, 0.2) is 140 Å². The van der Waals surface area contributed by atoms with Crippen molar-refractivity contribution < 1.29 is 29.6 Å². The van der Waals surface area contributed by atoms with Gasteiger partial charge in [-0.3, -0.25) is 0 Å². The number of benzene rings is 6. The quantitative estimate of drug-likeness (QED) is 0.130. The Labute approximate surface area is 355 Å². The summed E-state index contributed by atoms with van der Waals surface area (Å²) in [7, 11) is 0. The Morgan fingerprint density at radius 1 is 0.534 bits per heavy atom. The van der Waals surface area contributed by atoms with E-state index < -0.39 is 0 Å². The predicted octanol–water partition coefficient (Wildman–Crippen LogP) is 11.0. The van der Waals surface area contributed by atoms with E-state index in [0.29, 0.717) is 0 Å². The van der Waals surface area contributed by atoms with Crippen molar-refractivity contribution >= 4 is 23.1 Å². The summed E-state index contributed by atoms with van der Waals surface area (Å²) in [6, 6.07) is 50.8. The average molecular weight is 929 g/mol. The third kappa shape index (κ3) is 7.31. The van der Waals surface area contributed by atoms with Crippen molar-refractivity contribution in [3.8, 4) is 67.8 Å². The number of nitrogens with zero attached hydrogens (tertiary/aromatic N) is 2. The maximum absolute atomic E-state index is 6.56. The molecule has 8 aromatic rings. The Balaban J connectivity index is 0.000000177. The molecule has 285 valence electrons. The second-order valence-corrected chi connectivity index (χ2v) is 15.2. The standard InChI is InChI=1S/C31H21BNO2.C21H20N.Ir/c1-19-13-14-22(20(2)17-19)21-15-16-33-26(18-21)23-7-5-9-25-31(23)35-29-12-6-11-28-30(29)32(25)24-8-3-4-10-27(24)34-28;1-14-5-8-18(9-6-14)21-12-20(17(4)13-22-21)19-10-7-15(2)11-16(19)3;/h3-6,8-18H,1-2H3;5-8,10-13H,1-4H3;/q2*-1;. The van der Waals surface area contributed by atoms with Crippen molar-refractivity contribution in [2.45, 2.75) is 41.5 Å². The monoisotopic (exact) mass is 929 g/mol. The Hall–Kier alpha value is -6.07. The molecule has 6 aromatic carbocycles. The number of pyridine rings is 2. The average Bonchev–Trinajstić information content (AvgIpc) is 3.21. The fraction of sp³-hybridized carbons (Fsp3) is 0.115. The van der Waals surface area contributed by atoms with E-state index in [9.17, 15) is 0 Å². The van der Waals surface area contributed by atoms with Crippen LogP contribution in [0.25, 0.3) is 44.8 Å². The fourth-order valence-corrected chi connectivity index (χ4v) is 8.14. The van der Waals surface area contributed by atoms with Crippen LogP contribution < -0.4 is 25.9 Å². The zero-order valence-electron chi connectivity index (χ0n) is 33.4. The minimum atomic E-state index is 0. The summed E-state index contributed by atoms with van der Waals surface area (Å²) in [5.74, 6) is 3.37. The Kier molecular flexibility index (Phi) is 10.7. The van der Waals surface area contributed by atoms with E-state index in [0.717, 1.165) is 67.5 Å². The molecule has 58 heavy (non-hydrogen) atoms. The summed E-state index contributed by atoms with van der Waals surface area (Å²) in [5, 5.41) is 0. The summed E-state index contributed by atoms with van der Waals surface area (Å²) >= 11 is 0. The van der Waals surface area contributed by atoms with Gasteiger partial charge < -0.3 is 19.4 Å². The summed E-state index contributed by atoms with van der Waals surface area (Å²) in [6.45, 7) is 12.8. The molecule has 2 aliphatic heterocycles. The number of hydrogen-bond donors (Lipinski definition) is 0. The molecule has 4 heterocycles. The van der Waals surface area contributed by atoms with E-state index in [-0.39, 0.29) is 26.8 Å². The Morgan fingerprint density at radius 2 is 1.24 bits per heavy atom. The Bertz CT molecular complexity index is 2830. The molecular weight excluding hydrogens is 888 g/mol. The van der Waals surface area contributed by atoms with Crippen molar-refractivity contribution in [2.24, 2.45) is 0 Å². The summed E-state index contributed by atoms with van der Waals surface area (Å²) < 4.78 is 12.8. The molecule has 1 radical (unpaired) electrons. The third-order valence-electron chi connectivity index (χ3n) is 11.0. The molecule has 0 N–H and O–H groups in total. The summed E-state index contributed by atoms with van der Waals surface area (Å²) in [5.41, 5.74) is 19.4. The molecular formula is C52H41BIrN2O2-2. The van der Waals surface area contributed by atoms with Gasteiger partial charge in [-0.2, -0.15) is 0 Å². The zero-order valence-corrected chi connectivity index (χ0v) is 35.8. The minimum Gasteiger partial charge on any atom is -0.503 e. The van der Waals surface area contributed by atoms with Crippen LogP contribution in [0.2, 0.25) is 0 Å². The van der Waals surface area contributed by atoms with Crippen LogP contribution >= 0.6 is 0 Å². The Morgan fingerprint density at radius 3 is 1.98 bits per heavy atom. The van der Waals surface area contributed by atoms with Crippen molar-refractivity contribution in [1.29, 1.82) is 0 Å². The van der Waals surface area contributed by atoms with Crippen molar-refractivity contribution in [3.05, 3.63) is 185 Å². The summed E-state index contributed by atoms with van der Waals surface area (Å²) in [6.07, 6.45) is 3.83. The first-order valence-corrected chi connectivity index (χ1v) is 19.4. The fourth-order valence-electron chi connectivity index (χ4n) is 8.14. The zero-order chi connectivity index (χ0) is 39.2. The molecule has 0 unspecified atom stereocenters.